The van der Waals surface area contributed by atoms with Crippen LogP contribution < -0.4 is 4.90 Å². The van der Waals surface area contributed by atoms with Gasteiger partial charge in [-0.15, -0.1) is 0 Å². The first-order chi connectivity index (χ1) is 20.1. The fraction of sp³-hybridized carbons (Fsp3) is 0.0789. The van der Waals surface area contributed by atoms with Crippen LogP contribution in [0.2, 0.25) is 0 Å². The maximum absolute atomic E-state index is 6.48. The minimum absolute atomic E-state index is 0.0995. The number of benzene rings is 5. The predicted octanol–water partition coefficient (Wildman–Crippen LogP) is 10.4. The van der Waals surface area contributed by atoms with Crippen LogP contribution in [0, 0.1) is 0 Å². The van der Waals surface area contributed by atoms with Gasteiger partial charge in [-0.1, -0.05) is 98.8 Å². The van der Waals surface area contributed by atoms with E-state index in [1.165, 1.54) is 33.4 Å². The minimum Gasteiger partial charge on any atom is -0.452 e. The van der Waals surface area contributed by atoms with Crippen LogP contribution in [0.4, 0.5) is 17.1 Å². The Hall–Kier alpha value is -5.15. The summed E-state index contributed by atoms with van der Waals surface area (Å²) >= 11 is 0. The highest BCUT2D eigenvalue weighted by atomic mass is 16.3. The van der Waals surface area contributed by atoms with Gasteiger partial charge in [-0.25, -0.2) is 0 Å². The molecule has 0 aliphatic heterocycles. The first kappa shape index (κ1) is 23.7. The van der Waals surface area contributed by atoms with Crippen LogP contribution in [0.5, 0.6) is 0 Å². The summed E-state index contributed by atoms with van der Waals surface area (Å²) in [5, 5.41) is 1.02. The van der Waals surface area contributed by atoms with Crippen molar-refractivity contribution in [1.82, 2.24) is 4.98 Å². The number of hydrogen-bond acceptors (Lipinski definition) is 3. The van der Waals surface area contributed by atoms with Crippen molar-refractivity contribution in [1.29, 1.82) is 0 Å². The maximum atomic E-state index is 6.48. The first-order valence-electron chi connectivity index (χ1n) is 14.1. The fourth-order valence-electron chi connectivity index (χ4n) is 6.46. The molecule has 0 saturated heterocycles. The standard InChI is InChI=1S/C38H28N2O/c1-38(2)32-14-8-6-12-29(32)30-21-20-28(24-33(30)38)40(27-18-16-26(17-19-27)25-10-4-3-5-11-25)34-22-23-39-36-31-13-7-9-15-35(31)41-37(34)36/h3-24H,1-2H3. The molecule has 41 heavy (non-hydrogen) atoms. The number of anilines is 3. The molecule has 0 bridgehead atoms. The molecule has 2 aromatic heterocycles. The van der Waals surface area contributed by atoms with Crippen molar-refractivity contribution in [2.24, 2.45) is 0 Å². The van der Waals surface area contributed by atoms with E-state index in [0.29, 0.717) is 0 Å². The van der Waals surface area contributed by atoms with Crippen molar-refractivity contribution in [3.8, 4) is 22.3 Å². The van der Waals surface area contributed by atoms with Crippen LogP contribution in [0.25, 0.3) is 44.3 Å². The Morgan fingerprint density at radius 1 is 0.610 bits per heavy atom. The molecule has 2 heterocycles. The Morgan fingerprint density at radius 2 is 1.29 bits per heavy atom. The van der Waals surface area contributed by atoms with E-state index < -0.39 is 0 Å². The van der Waals surface area contributed by atoms with Gasteiger partial charge in [0.05, 0.1) is 5.69 Å². The maximum Gasteiger partial charge on any atom is 0.177 e. The average Bonchev–Trinajstić information content (AvgIpc) is 3.51. The van der Waals surface area contributed by atoms with Crippen LogP contribution in [0.15, 0.2) is 138 Å². The van der Waals surface area contributed by atoms with Crippen LogP contribution in [0.1, 0.15) is 25.0 Å². The lowest BCUT2D eigenvalue weighted by Crippen LogP contribution is -2.16. The van der Waals surface area contributed by atoms with Gasteiger partial charge in [-0.3, -0.25) is 4.98 Å². The molecule has 7 aromatic rings. The van der Waals surface area contributed by atoms with E-state index in [2.05, 4.69) is 128 Å². The topological polar surface area (TPSA) is 29.3 Å². The quantitative estimate of drug-likeness (QED) is 0.228. The Balaban J connectivity index is 1.34. The molecule has 0 atom stereocenters. The Morgan fingerprint density at radius 3 is 2.15 bits per heavy atom. The molecule has 3 nitrogen and oxygen atoms in total. The van der Waals surface area contributed by atoms with Gasteiger partial charge < -0.3 is 9.32 Å². The van der Waals surface area contributed by atoms with E-state index in [9.17, 15) is 0 Å². The third-order valence-electron chi connectivity index (χ3n) is 8.54. The highest BCUT2D eigenvalue weighted by molar-refractivity contribution is 6.08. The average molecular weight is 529 g/mol. The van der Waals surface area contributed by atoms with E-state index in [-0.39, 0.29) is 5.41 Å². The number of nitrogens with zero attached hydrogens (tertiary/aromatic N) is 2. The molecule has 8 rings (SSSR count). The summed E-state index contributed by atoms with van der Waals surface area (Å²) in [6, 6.07) is 45.1. The second-order valence-electron chi connectivity index (χ2n) is 11.3. The number of fused-ring (bicyclic) bond motifs is 6. The summed E-state index contributed by atoms with van der Waals surface area (Å²) in [5.74, 6) is 0. The van der Waals surface area contributed by atoms with Crippen LogP contribution in [-0.4, -0.2) is 4.98 Å². The molecular formula is C38H28N2O. The first-order valence-corrected chi connectivity index (χ1v) is 14.1. The minimum atomic E-state index is -0.0995. The zero-order valence-corrected chi connectivity index (χ0v) is 23.0. The monoisotopic (exact) mass is 528 g/mol. The van der Waals surface area contributed by atoms with Gasteiger partial charge in [0.2, 0.25) is 0 Å². The molecule has 0 radical (unpaired) electrons. The number of rotatable bonds is 4. The van der Waals surface area contributed by atoms with Crippen molar-refractivity contribution >= 4 is 39.1 Å². The largest absolute Gasteiger partial charge is 0.452 e. The summed E-state index contributed by atoms with van der Waals surface area (Å²) in [5.41, 5.74) is 13.2. The molecular weight excluding hydrogens is 500 g/mol. The van der Waals surface area contributed by atoms with Crippen molar-refractivity contribution in [3.63, 3.8) is 0 Å². The van der Waals surface area contributed by atoms with Crippen molar-refractivity contribution in [2.45, 2.75) is 19.3 Å². The van der Waals surface area contributed by atoms with Gasteiger partial charge in [0.25, 0.3) is 0 Å². The molecule has 0 saturated carbocycles. The zero-order chi connectivity index (χ0) is 27.6. The normalized spacial score (nSPS) is 13.3. The molecule has 1 aliphatic carbocycles. The Kier molecular flexibility index (Phi) is 5.17. The Labute approximate surface area is 239 Å². The van der Waals surface area contributed by atoms with Gasteiger partial charge >= 0.3 is 0 Å². The molecule has 0 fully saturated rings. The highest BCUT2D eigenvalue weighted by Gasteiger charge is 2.36. The highest BCUT2D eigenvalue weighted by Crippen LogP contribution is 2.51. The van der Waals surface area contributed by atoms with Gasteiger partial charge in [0.1, 0.15) is 11.1 Å². The molecule has 1 aliphatic rings. The van der Waals surface area contributed by atoms with Crippen LogP contribution in [-0.2, 0) is 5.41 Å². The molecule has 0 amide bonds. The lowest BCUT2D eigenvalue weighted by atomic mass is 9.82. The van der Waals surface area contributed by atoms with Crippen LogP contribution >= 0.6 is 0 Å². The molecule has 196 valence electrons. The summed E-state index contributed by atoms with van der Waals surface area (Å²) in [6.45, 7) is 4.65. The number of para-hydroxylation sites is 1. The third-order valence-corrected chi connectivity index (χ3v) is 8.54. The summed E-state index contributed by atoms with van der Waals surface area (Å²) in [6.07, 6.45) is 1.89. The van der Waals surface area contributed by atoms with Gasteiger partial charge in [0, 0.05) is 28.4 Å². The van der Waals surface area contributed by atoms with E-state index in [0.717, 1.165) is 39.1 Å². The smallest absolute Gasteiger partial charge is 0.177 e. The van der Waals surface area contributed by atoms with Gasteiger partial charge in [-0.05, 0) is 75.8 Å². The number of pyridine rings is 1. The Bertz CT molecular complexity index is 2070. The molecule has 0 N–H and O–H groups in total. The molecule has 0 unspecified atom stereocenters. The SMILES string of the molecule is CC1(C)c2ccccc2-c2ccc(N(c3ccc(-c4ccccc4)cc3)c3ccnc4c3oc3ccccc34)cc21. The van der Waals surface area contributed by atoms with Crippen molar-refractivity contribution in [3.05, 3.63) is 145 Å². The molecule has 3 heteroatoms. The fourth-order valence-corrected chi connectivity index (χ4v) is 6.46. The van der Waals surface area contributed by atoms with E-state index in [1.54, 1.807) is 0 Å². The number of aromatic nitrogens is 1. The molecule has 5 aromatic carbocycles. The lowest BCUT2D eigenvalue weighted by Gasteiger charge is -2.28. The van der Waals surface area contributed by atoms with Crippen LogP contribution in [0.3, 0.4) is 0 Å². The van der Waals surface area contributed by atoms with Gasteiger partial charge in [-0.2, -0.15) is 0 Å². The second kappa shape index (κ2) is 8.94. The predicted molar refractivity (Wildman–Crippen MR) is 169 cm³/mol. The van der Waals surface area contributed by atoms with Crippen molar-refractivity contribution in [2.75, 3.05) is 4.90 Å². The second-order valence-corrected chi connectivity index (χ2v) is 11.3. The summed E-state index contributed by atoms with van der Waals surface area (Å²) in [7, 11) is 0. The molecule has 0 spiro atoms. The summed E-state index contributed by atoms with van der Waals surface area (Å²) in [4.78, 5) is 7.05. The van der Waals surface area contributed by atoms with E-state index in [1.807, 2.05) is 24.4 Å². The van der Waals surface area contributed by atoms with E-state index in [4.69, 9.17) is 9.40 Å². The zero-order valence-electron chi connectivity index (χ0n) is 23.0. The lowest BCUT2D eigenvalue weighted by molar-refractivity contribution is 0.660. The third kappa shape index (κ3) is 3.63. The summed E-state index contributed by atoms with van der Waals surface area (Å²) < 4.78 is 6.48. The number of furan rings is 1. The van der Waals surface area contributed by atoms with Gasteiger partial charge in [0.15, 0.2) is 5.58 Å². The van der Waals surface area contributed by atoms with E-state index >= 15 is 0 Å². The van der Waals surface area contributed by atoms with Crippen molar-refractivity contribution < 1.29 is 4.42 Å². The number of hydrogen-bond donors (Lipinski definition) is 0.